The number of quaternary nitrogens is 1. The first-order chi connectivity index (χ1) is 10.2. The number of aliphatic imine (C=N–C) groups is 1. The summed E-state index contributed by atoms with van der Waals surface area (Å²) in [6.45, 7) is 7.23. The highest BCUT2D eigenvalue weighted by Crippen LogP contribution is 2.21. The molecular formula is C15H24N3O3+. The van der Waals surface area contributed by atoms with Gasteiger partial charge in [0.2, 0.25) is 0 Å². The lowest BCUT2D eigenvalue weighted by molar-refractivity contribution is -0.908. The third kappa shape index (κ3) is 4.49. The van der Waals surface area contributed by atoms with Crippen LogP contribution in [0.3, 0.4) is 0 Å². The number of aromatic nitrogens is 1. The monoisotopic (exact) mass is 294 g/mol. The lowest BCUT2D eigenvalue weighted by atomic mass is 10.1. The minimum atomic E-state index is -0.153. The summed E-state index contributed by atoms with van der Waals surface area (Å²) in [5, 5.41) is 19.3. The fraction of sp³-hybridized carbons (Fsp3) is 0.600. The lowest BCUT2D eigenvalue weighted by Crippen LogP contribution is -3.14. The van der Waals surface area contributed by atoms with Crippen LogP contribution in [0.15, 0.2) is 11.2 Å². The molecule has 1 fully saturated rings. The van der Waals surface area contributed by atoms with E-state index in [1.165, 1.54) is 0 Å². The molecule has 0 radical (unpaired) electrons. The molecule has 6 nitrogen and oxygen atoms in total. The Bertz CT molecular complexity index is 485. The second-order valence-corrected chi connectivity index (χ2v) is 5.29. The Morgan fingerprint density at radius 3 is 2.90 bits per heavy atom. The molecule has 1 aliphatic rings. The molecule has 0 amide bonds. The third-order valence-electron chi connectivity index (χ3n) is 3.77. The van der Waals surface area contributed by atoms with Crippen LogP contribution in [-0.2, 0) is 11.3 Å². The second kappa shape index (κ2) is 8.07. The van der Waals surface area contributed by atoms with Crippen LogP contribution >= 0.6 is 0 Å². The number of hydrogen-bond acceptors (Lipinski definition) is 5. The first-order valence-electron chi connectivity index (χ1n) is 7.41. The van der Waals surface area contributed by atoms with E-state index in [4.69, 9.17) is 4.74 Å². The number of aliphatic hydroxyl groups is 1. The van der Waals surface area contributed by atoms with E-state index in [0.29, 0.717) is 16.8 Å². The van der Waals surface area contributed by atoms with Gasteiger partial charge < -0.3 is 19.8 Å². The van der Waals surface area contributed by atoms with Crippen LogP contribution in [0.25, 0.3) is 0 Å². The fourth-order valence-electron chi connectivity index (χ4n) is 2.41. The van der Waals surface area contributed by atoms with Crippen molar-refractivity contribution in [3.63, 3.8) is 0 Å². The van der Waals surface area contributed by atoms with Crippen molar-refractivity contribution in [3.05, 3.63) is 23.0 Å². The minimum absolute atomic E-state index is 0.101. The number of pyridine rings is 1. The van der Waals surface area contributed by atoms with Gasteiger partial charge in [-0.3, -0.25) is 9.98 Å². The van der Waals surface area contributed by atoms with Crippen molar-refractivity contribution in [2.75, 3.05) is 39.4 Å². The maximum atomic E-state index is 9.99. The Morgan fingerprint density at radius 1 is 1.43 bits per heavy atom. The van der Waals surface area contributed by atoms with Crippen LogP contribution in [0.4, 0.5) is 0 Å². The molecule has 0 bridgehead atoms. The number of aliphatic hydroxyl groups excluding tert-OH is 1. The lowest BCUT2D eigenvalue weighted by Gasteiger charge is -2.23. The van der Waals surface area contributed by atoms with Gasteiger partial charge in [-0.25, -0.2) is 0 Å². The number of aryl methyl sites for hydroxylation is 1. The first-order valence-corrected chi connectivity index (χ1v) is 7.41. The topological polar surface area (TPSA) is 79.4 Å². The van der Waals surface area contributed by atoms with E-state index in [1.54, 1.807) is 24.2 Å². The number of nitrogens with zero attached hydrogens (tertiary/aromatic N) is 2. The third-order valence-corrected chi connectivity index (χ3v) is 3.77. The van der Waals surface area contributed by atoms with Gasteiger partial charge in [-0.1, -0.05) is 0 Å². The highest BCUT2D eigenvalue weighted by atomic mass is 16.5. The number of nitrogens with one attached hydrogen (secondary N) is 1. The molecule has 0 aromatic carbocycles. The standard InChI is InChI=1S/C15H23N3O3/c1-12-15(20)14(13(11-19)9-17-12)10-16-3-2-4-18-5-7-21-8-6-18/h9-10,19-20H,2-8,11H2,1H3/p+1. The van der Waals surface area contributed by atoms with E-state index in [2.05, 4.69) is 9.98 Å². The summed E-state index contributed by atoms with van der Waals surface area (Å²) in [6.07, 6.45) is 4.23. The van der Waals surface area contributed by atoms with Crippen molar-refractivity contribution in [2.24, 2.45) is 4.99 Å². The van der Waals surface area contributed by atoms with Gasteiger partial charge in [-0.05, 0) is 6.92 Å². The summed E-state index contributed by atoms with van der Waals surface area (Å²) in [7, 11) is 0. The maximum absolute atomic E-state index is 9.99. The molecule has 0 atom stereocenters. The molecule has 1 aromatic rings. The predicted octanol–water partition coefficient (Wildman–Crippen LogP) is -0.688. The second-order valence-electron chi connectivity index (χ2n) is 5.29. The summed E-state index contributed by atoms with van der Waals surface area (Å²) in [6, 6.07) is 0. The van der Waals surface area contributed by atoms with Crippen molar-refractivity contribution in [1.29, 1.82) is 0 Å². The maximum Gasteiger partial charge on any atom is 0.145 e. The summed E-state index contributed by atoms with van der Waals surface area (Å²) < 4.78 is 5.33. The number of ether oxygens (including phenoxy) is 1. The average Bonchev–Trinajstić information content (AvgIpc) is 2.52. The largest absolute Gasteiger partial charge is 0.505 e. The Morgan fingerprint density at radius 2 is 2.19 bits per heavy atom. The summed E-state index contributed by atoms with van der Waals surface area (Å²) >= 11 is 0. The van der Waals surface area contributed by atoms with E-state index in [1.807, 2.05) is 0 Å². The number of rotatable bonds is 6. The van der Waals surface area contributed by atoms with Gasteiger partial charge >= 0.3 is 0 Å². The molecule has 0 unspecified atom stereocenters. The van der Waals surface area contributed by atoms with Gasteiger partial charge in [0, 0.05) is 36.5 Å². The SMILES string of the molecule is Cc1ncc(CO)c(C=NCCC[NH+]2CCOCC2)c1O. The molecule has 116 valence electrons. The summed E-state index contributed by atoms with van der Waals surface area (Å²) in [5.74, 6) is 0.101. The normalized spacial score (nSPS) is 16.7. The van der Waals surface area contributed by atoms with Gasteiger partial charge in [0.1, 0.15) is 18.8 Å². The highest BCUT2D eigenvalue weighted by molar-refractivity contribution is 5.85. The van der Waals surface area contributed by atoms with Gasteiger partial charge in [-0.2, -0.15) is 0 Å². The van der Waals surface area contributed by atoms with Crippen molar-refractivity contribution in [3.8, 4) is 5.75 Å². The molecule has 0 spiro atoms. The van der Waals surface area contributed by atoms with E-state index in [0.717, 1.165) is 45.8 Å². The zero-order valence-corrected chi connectivity index (χ0v) is 12.5. The van der Waals surface area contributed by atoms with Gasteiger partial charge in [0.25, 0.3) is 0 Å². The number of hydrogen-bond donors (Lipinski definition) is 3. The molecule has 1 aliphatic heterocycles. The van der Waals surface area contributed by atoms with Crippen molar-refractivity contribution in [2.45, 2.75) is 20.0 Å². The van der Waals surface area contributed by atoms with Crippen LogP contribution in [0.5, 0.6) is 5.75 Å². The number of morpholine rings is 1. The van der Waals surface area contributed by atoms with E-state index in [-0.39, 0.29) is 12.4 Å². The Labute approximate surface area is 125 Å². The average molecular weight is 294 g/mol. The zero-order chi connectivity index (χ0) is 15.1. The van der Waals surface area contributed by atoms with Crippen LogP contribution in [0, 0.1) is 6.92 Å². The van der Waals surface area contributed by atoms with Gasteiger partial charge in [0.05, 0.1) is 32.1 Å². The van der Waals surface area contributed by atoms with Crippen LogP contribution < -0.4 is 4.90 Å². The zero-order valence-electron chi connectivity index (χ0n) is 12.5. The molecule has 1 saturated heterocycles. The van der Waals surface area contributed by atoms with E-state index >= 15 is 0 Å². The van der Waals surface area contributed by atoms with Crippen molar-refractivity contribution in [1.82, 2.24) is 4.98 Å². The molecule has 21 heavy (non-hydrogen) atoms. The molecule has 0 saturated carbocycles. The van der Waals surface area contributed by atoms with Crippen LogP contribution in [-0.4, -0.2) is 60.8 Å². The van der Waals surface area contributed by atoms with Crippen molar-refractivity contribution < 1.29 is 19.8 Å². The molecule has 2 rings (SSSR count). The van der Waals surface area contributed by atoms with E-state index < -0.39 is 0 Å². The highest BCUT2D eigenvalue weighted by Gasteiger charge is 2.12. The molecule has 0 aliphatic carbocycles. The predicted molar refractivity (Wildman–Crippen MR) is 80.0 cm³/mol. The summed E-state index contributed by atoms with van der Waals surface area (Å²) in [5.41, 5.74) is 1.72. The molecule has 6 heteroatoms. The van der Waals surface area contributed by atoms with Gasteiger partial charge in [-0.15, -0.1) is 0 Å². The van der Waals surface area contributed by atoms with Crippen molar-refractivity contribution >= 4 is 6.21 Å². The Hall–Kier alpha value is -1.50. The molecular weight excluding hydrogens is 270 g/mol. The smallest absolute Gasteiger partial charge is 0.145 e. The van der Waals surface area contributed by atoms with Gasteiger partial charge in [0.15, 0.2) is 0 Å². The van der Waals surface area contributed by atoms with Crippen LogP contribution in [0.2, 0.25) is 0 Å². The quantitative estimate of drug-likeness (QED) is 0.479. The fourth-order valence-corrected chi connectivity index (χ4v) is 2.41. The van der Waals surface area contributed by atoms with Crippen LogP contribution in [0.1, 0.15) is 23.2 Å². The Kier molecular flexibility index (Phi) is 6.10. The molecule has 2 heterocycles. The Balaban J connectivity index is 1.85. The minimum Gasteiger partial charge on any atom is -0.505 e. The molecule has 3 N–H and O–H groups in total. The number of aromatic hydroxyl groups is 1. The molecule has 1 aromatic heterocycles. The summed E-state index contributed by atoms with van der Waals surface area (Å²) in [4.78, 5) is 9.96. The van der Waals surface area contributed by atoms with E-state index in [9.17, 15) is 10.2 Å². The first kappa shape index (κ1) is 15.9.